The van der Waals surface area contributed by atoms with Crippen LogP contribution in [0.15, 0.2) is 18.2 Å². The van der Waals surface area contributed by atoms with Crippen LogP contribution >= 0.6 is 0 Å². The van der Waals surface area contributed by atoms with Crippen LogP contribution in [0.25, 0.3) is 10.9 Å². The van der Waals surface area contributed by atoms with E-state index < -0.39 is 0 Å². The Morgan fingerprint density at radius 1 is 1.26 bits per heavy atom. The van der Waals surface area contributed by atoms with Crippen LogP contribution in [0.1, 0.15) is 44.5 Å². The van der Waals surface area contributed by atoms with E-state index in [0.717, 1.165) is 26.1 Å². The molecule has 1 aliphatic heterocycles. The molecule has 2 aromatic rings. The molecule has 0 saturated heterocycles. The summed E-state index contributed by atoms with van der Waals surface area (Å²) in [5.41, 5.74) is 6.11. The SMILES string of the molecule is CCc1c2n(c3ccc(C(C)(C)C)cc13)CCNC2. The van der Waals surface area contributed by atoms with Gasteiger partial charge in [0.15, 0.2) is 0 Å². The fourth-order valence-corrected chi connectivity index (χ4v) is 3.19. The number of nitrogens with one attached hydrogen (secondary N) is 1. The first-order chi connectivity index (χ1) is 9.02. The van der Waals surface area contributed by atoms with Gasteiger partial charge in [0, 0.05) is 36.2 Å². The number of hydrogen-bond donors (Lipinski definition) is 1. The summed E-state index contributed by atoms with van der Waals surface area (Å²) in [6.45, 7) is 12.3. The van der Waals surface area contributed by atoms with Gasteiger partial charge in [-0.25, -0.2) is 0 Å². The molecule has 3 rings (SSSR count). The maximum atomic E-state index is 3.50. The van der Waals surface area contributed by atoms with Gasteiger partial charge in [-0.3, -0.25) is 0 Å². The molecule has 2 heterocycles. The molecule has 0 bridgehead atoms. The van der Waals surface area contributed by atoms with Crippen LogP contribution in [0.2, 0.25) is 0 Å². The Morgan fingerprint density at radius 2 is 2.05 bits per heavy atom. The van der Waals surface area contributed by atoms with Gasteiger partial charge in [-0.15, -0.1) is 0 Å². The fraction of sp³-hybridized carbons (Fsp3) is 0.529. The highest BCUT2D eigenvalue weighted by Crippen LogP contribution is 2.32. The van der Waals surface area contributed by atoms with Crippen LogP contribution < -0.4 is 5.32 Å². The Hall–Kier alpha value is -1.28. The van der Waals surface area contributed by atoms with Crippen LogP contribution in [-0.2, 0) is 24.9 Å². The first-order valence-electron chi connectivity index (χ1n) is 7.37. The van der Waals surface area contributed by atoms with E-state index in [-0.39, 0.29) is 5.41 Å². The van der Waals surface area contributed by atoms with Crippen molar-refractivity contribution in [3.05, 3.63) is 35.0 Å². The summed E-state index contributed by atoms with van der Waals surface area (Å²) >= 11 is 0. The second kappa shape index (κ2) is 4.38. The largest absolute Gasteiger partial charge is 0.342 e. The van der Waals surface area contributed by atoms with Crippen molar-refractivity contribution in [2.75, 3.05) is 6.54 Å². The molecule has 2 nitrogen and oxygen atoms in total. The summed E-state index contributed by atoms with van der Waals surface area (Å²) in [6, 6.07) is 7.04. The zero-order valence-corrected chi connectivity index (χ0v) is 12.5. The summed E-state index contributed by atoms with van der Waals surface area (Å²) in [5.74, 6) is 0. The third-order valence-electron chi connectivity index (χ3n) is 4.31. The highest BCUT2D eigenvalue weighted by atomic mass is 15.1. The average molecular weight is 256 g/mol. The lowest BCUT2D eigenvalue weighted by Crippen LogP contribution is -2.28. The Morgan fingerprint density at radius 3 is 2.74 bits per heavy atom. The van der Waals surface area contributed by atoms with E-state index in [1.54, 1.807) is 0 Å². The molecule has 19 heavy (non-hydrogen) atoms. The second-order valence-corrected chi connectivity index (χ2v) is 6.59. The van der Waals surface area contributed by atoms with Crippen molar-refractivity contribution in [1.29, 1.82) is 0 Å². The van der Waals surface area contributed by atoms with Crippen molar-refractivity contribution in [3.63, 3.8) is 0 Å². The average Bonchev–Trinajstić information content (AvgIpc) is 2.70. The zero-order chi connectivity index (χ0) is 13.6. The number of rotatable bonds is 1. The van der Waals surface area contributed by atoms with Crippen LogP contribution in [0.4, 0.5) is 0 Å². The first-order valence-corrected chi connectivity index (χ1v) is 7.37. The van der Waals surface area contributed by atoms with Crippen molar-refractivity contribution in [1.82, 2.24) is 9.88 Å². The fourth-order valence-electron chi connectivity index (χ4n) is 3.19. The monoisotopic (exact) mass is 256 g/mol. The van der Waals surface area contributed by atoms with E-state index in [1.165, 1.54) is 27.7 Å². The maximum absolute atomic E-state index is 3.50. The van der Waals surface area contributed by atoms with Gasteiger partial charge in [-0.1, -0.05) is 33.8 Å². The molecule has 1 aliphatic rings. The summed E-state index contributed by atoms with van der Waals surface area (Å²) in [5, 5.41) is 4.97. The summed E-state index contributed by atoms with van der Waals surface area (Å²) in [4.78, 5) is 0. The first kappa shape index (κ1) is 12.7. The van der Waals surface area contributed by atoms with E-state index in [1.807, 2.05) is 0 Å². The number of nitrogens with zero attached hydrogens (tertiary/aromatic N) is 1. The van der Waals surface area contributed by atoms with E-state index >= 15 is 0 Å². The molecule has 0 saturated carbocycles. The molecular weight excluding hydrogens is 232 g/mol. The third-order valence-corrected chi connectivity index (χ3v) is 4.31. The molecule has 1 N–H and O–H groups in total. The minimum atomic E-state index is 0.222. The number of aromatic nitrogens is 1. The molecule has 0 aliphatic carbocycles. The number of fused-ring (bicyclic) bond motifs is 3. The van der Waals surface area contributed by atoms with Gasteiger partial charge in [0.05, 0.1) is 0 Å². The molecule has 0 spiro atoms. The van der Waals surface area contributed by atoms with E-state index in [0.29, 0.717) is 0 Å². The topological polar surface area (TPSA) is 17.0 Å². The Balaban J connectivity index is 2.28. The molecular formula is C17H24N2. The third kappa shape index (κ3) is 1.99. The van der Waals surface area contributed by atoms with Gasteiger partial charge in [0.1, 0.15) is 0 Å². The molecule has 0 radical (unpaired) electrons. The lowest BCUT2D eigenvalue weighted by atomic mass is 9.86. The maximum Gasteiger partial charge on any atom is 0.0486 e. The minimum absolute atomic E-state index is 0.222. The zero-order valence-electron chi connectivity index (χ0n) is 12.5. The van der Waals surface area contributed by atoms with Crippen molar-refractivity contribution >= 4 is 10.9 Å². The Kier molecular flexibility index (Phi) is 2.94. The van der Waals surface area contributed by atoms with Gasteiger partial charge < -0.3 is 9.88 Å². The molecule has 1 aromatic heterocycles. The Bertz CT molecular complexity index is 614. The van der Waals surface area contributed by atoms with E-state index in [4.69, 9.17) is 0 Å². The summed E-state index contributed by atoms with van der Waals surface area (Å²) in [6.07, 6.45) is 1.12. The van der Waals surface area contributed by atoms with E-state index in [2.05, 4.69) is 55.8 Å². The number of benzene rings is 1. The Labute approximate surface area is 115 Å². The van der Waals surface area contributed by atoms with Crippen LogP contribution in [-0.4, -0.2) is 11.1 Å². The predicted octanol–water partition coefficient (Wildman–Crippen LogP) is 3.60. The molecule has 2 heteroatoms. The standard InChI is InChI=1S/C17H24N2/c1-5-13-14-10-12(17(2,3)4)6-7-15(14)19-9-8-18-11-16(13)19/h6-7,10,18H,5,8-9,11H2,1-4H3. The number of hydrogen-bond acceptors (Lipinski definition) is 1. The molecule has 1 aromatic carbocycles. The van der Waals surface area contributed by atoms with Crippen LogP contribution in [0.3, 0.4) is 0 Å². The van der Waals surface area contributed by atoms with Crippen LogP contribution in [0.5, 0.6) is 0 Å². The van der Waals surface area contributed by atoms with Crippen molar-refractivity contribution in [3.8, 4) is 0 Å². The van der Waals surface area contributed by atoms with Gasteiger partial charge in [-0.2, -0.15) is 0 Å². The number of aryl methyl sites for hydroxylation is 1. The molecule has 0 atom stereocenters. The second-order valence-electron chi connectivity index (χ2n) is 6.59. The van der Waals surface area contributed by atoms with Gasteiger partial charge in [0.25, 0.3) is 0 Å². The molecule has 0 amide bonds. The summed E-state index contributed by atoms with van der Waals surface area (Å²) < 4.78 is 2.51. The lowest BCUT2D eigenvalue weighted by Gasteiger charge is -2.20. The van der Waals surface area contributed by atoms with Crippen molar-refractivity contribution in [2.45, 2.75) is 52.6 Å². The molecule has 102 valence electrons. The minimum Gasteiger partial charge on any atom is -0.342 e. The van der Waals surface area contributed by atoms with Gasteiger partial charge in [0.2, 0.25) is 0 Å². The van der Waals surface area contributed by atoms with Crippen molar-refractivity contribution in [2.24, 2.45) is 0 Å². The quantitative estimate of drug-likeness (QED) is 0.825. The highest BCUT2D eigenvalue weighted by molar-refractivity contribution is 5.86. The highest BCUT2D eigenvalue weighted by Gasteiger charge is 2.21. The molecule has 0 fully saturated rings. The van der Waals surface area contributed by atoms with Crippen molar-refractivity contribution < 1.29 is 0 Å². The van der Waals surface area contributed by atoms with Gasteiger partial charge >= 0.3 is 0 Å². The predicted molar refractivity (Wildman–Crippen MR) is 81.7 cm³/mol. The molecule has 0 unspecified atom stereocenters. The van der Waals surface area contributed by atoms with Gasteiger partial charge in [-0.05, 0) is 35.1 Å². The smallest absolute Gasteiger partial charge is 0.0486 e. The summed E-state index contributed by atoms with van der Waals surface area (Å²) in [7, 11) is 0. The van der Waals surface area contributed by atoms with Crippen LogP contribution in [0, 0.1) is 0 Å². The van der Waals surface area contributed by atoms with E-state index in [9.17, 15) is 0 Å². The normalized spacial score (nSPS) is 15.8. The lowest BCUT2D eigenvalue weighted by molar-refractivity contribution is 0.523.